The van der Waals surface area contributed by atoms with Gasteiger partial charge >= 0.3 is 0 Å². The molecule has 8 heteroatoms. The second kappa shape index (κ2) is 6.22. The zero-order valence-corrected chi connectivity index (χ0v) is 10.3. The second-order valence-electron chi connectivity index (χ2n) is 3.98. The molecule has 0 fully saturated rings. The van der Waals surface area contributed by atoms with Crippen molar-refractivity contribution in [3.05, 3.63) is 24.0 Å². The summed E-state index contributed by atoms with van der Waals surface area (Å²) < 4.78 is 3.53. The van der Waals surface area contributed by atoms with Crippen molar-refractivity contribution in [1.82, 2.24) is 35.1 Å². The molecule has 0 aliphatic rings. The third-order valence-electron chi connectivity index (χ3n) is 2.55. The zero-order valence-electron chi connectivity index (χ0n) is 10.3. The van der Waals surface area contributed by atoms with E-state index >= 15 is 0 Å². The molecule has 0 spiro atoms. The van der Waals surface area contributed by atoms with Gasteiger partial charge in [-0.2, -0.15) is 0 Å². The maximum Gasteiger partial charge on any atom is 0.133 e. The molecule has 2 aromatic rings. The van der Waals surface area contributed by atoms with Gasteiger partial charge in [0.25, 0.3) is 0 Å². The van der Waals surface area contributed by atoms with Crippen LogP contribution in [0, 0.1) is 0 Å². The summed E-state index contributed by atoms with van der Waals surface area (Å²) in [5.74, 6) is 0.950. The summed E-state index contributed by atoms with van der Waals surface area (Å²) in [4.78, 5) is 0. The van der Waals surface area contributed by atoms with Crippen molar-refractivity contribution in [2.45, 2.75) is 19.5 Å². The number of hydrogen-bond donors (Lipinski definition) is 2. The van der Waals surface area contributed by atoms with E-state index in [0.717, 1.165) is 24.5 Å². The predicted octanol–water partition coefficient (Wildman–Crippen LogP) is -1.27. The molecule has 0 unspecified atom stereocenters. The molecule has 0 bridgehead atoms. The van der Waals surface area contributed by atoms with Crippen LogP contribution in [0.15, 0.2) is 12.5 Å². The van der Waals surface area contributed by atoms with E-state index < -0.39 is 0 Å². The lowest BCUT2D eigenvalue weighted by Gasteiger charge is -2.01. The van der Waals surface area contributed by atoms with Crippen molar-refractivity contribution < 1.29 is 5.11 Å². The molecule has 2 rings (SSSR count). The van der Waals surface area contributed by atoms with Crippen molar-refractivity contribution in [2.75, 3.05) is 13.2 Å². The van der Waals surface area contributed by atoms with Crippen molar-refractivity contribution in [3.63, 3.8) is 0 Å². The molecule has 0 saturated carbocycles. The molecule has 0 aliphatic carbocycles. The number of nitrogens with one attached hydrogen (secondary N) is 1. The van der Waals surface area contributed by atoms with Crippen LogP contribution in [-0.2, 0) is 26.6 Å². The van der Waals surface area contributed by atoms with Crippen LogP contribution in [0.1, 0.15) is 11.5 Å². The van der Waals surface area contributed by atoms with Crippen LogP contribution in [0.5, 0.6) is 0 Å². The van der Waals surface area contributed by atoms with Gasteiger partial charge in [0.05, 0.1) is 18.8 Å². The number of hydrogen-bond acceptors (Lipinski definition) is 6. The SMILES string of the molecule is Cn1cnnc1CCNCc1cn(CCO)nn1. The van der Waals surface area contributed by atoms with Gasteiger partial charge in [-0.05, 0) is 0 Å². The minimum absolute atomic E-state index is 0.0718. The van der Waals surface area contributed by atoms with E-state index in [-0.39, 0.29) is 6.61 Å². The van der Waals surface area contributed by atoms with Crippen LogP contribution < -0.4 is 5.32 Å². The number of rotatable bonds is 7. The second-order valence-corrected chi connectivity index (χ2v) is 3.98. The fourth-order valence-electron chi connectivity index (χ4n) is 1.58. The van der Waals surface area contributed by atoms with E-state index in [0.29, 0.717) is 13.1 Å². The summed E-state index contributed by atoms with van der Waals surface area (Å²) in [6, 6.07) is 0. The molecule has 18 heavy (non-hydrogen) atoms. The van der Waals surface area contributed by atoms with Gasteiger partial charge < -0.3 is 15.0 Å². The highest BCUT2D eigenvalue weighted by Gasteiger charge is 2.02. The molecule has 0 aromatic carbocycles. The number of aliphatic hydroxyl groups excluding tert-OH is 1. The quantitative estimate of drug-likeness (QED) is 0.596. The van der Waals surface area contributed by atoms with Crippen molar-refractivity contribution >= 4 is 0 Å². The lowest BCUT2D eigenvalue weighted by Crippen LogP contribution is -2.18. The van der Waals surface area contributed by atoms with Crippen molar-refractivity contribution in [3.8, 4) is 0 Å². The van der Waals surface area contributed by atoms with Crippen molar-refractivity contribution in [2.24, 2.45) is 7.05 Å². The first kappa shape index (κ1) is 12.7. The summed E-state index contributed by atoms with van der Waals surface area (Å²) in [5, 5.41) is 27.7. The van der Waals surface area contributed by atoms with Crippen LogP contribution in [0.25, 0.3) is 0 Å². The zero-order chi connectivity index (χ0) is 12.8. The maximum atomic E-state index is 8.76. The fourth-order valence-corrected chi connectivity index (χ4v) is 1.58. The molecule has 2 aromatic heterocycles. The fraction of sp³-hybridized carbons (Fsp3) is 0.600. The van der Waals surface area contributed by atoms with Gasteiger partial charge in [-0.1, -0.05) is 5.21 Å². The summed E-state index contributed by atoms with van der Waals surface area (Å²) in [5.41, 5.74) is 0.862. The van der Waals surface area contributed by atoms with Gasteiger partial charge in [-0.15, -0.1) is 15.3 Å². The Balaban J connectivity index is 1.70. The topological polar surface area (TPSA) is 93.7 Å². The Morgan fingerprint density at radius 3 is 3.00 bits per heavy atom. The maximum absolute atomic E-state index is 8.76. The van der Waals surface area contributed by atoms with E-state index in [1.54, 1.807) is 11.0 Å². The monoisotopic (exact) mass is 251 g/mol. The smallest absolute Gasteiger partial charge is 0.133 e. The van der Waals surface area contributed by atoms with Crippen LogP contribution in [-0.4, -0.2) is 48.0 Å². The molecule has 0 saturated heterocycles. The van der Waals surface area contributed by atoms with Crippen LogP contribution in [0.3, 0.4) is 0 Å². The molecular formula is C10H17N7O. The Bertz CT molecular complexity index is 478. The first-order valence-electron chi connectivity index (χ1n) is 5.83. The van der Waals surface area contributed by atoms with E-state index in [1.165, 1.54) is 0 Å². The lowest BCUT2D eigenvalue weighted by molar-refractivity contribution is 0.268. The minimum Gasteiger partial charge on any atom is -0.394 e. The normalized spacial score (nSPS) is 11.0. The van der Waals surface area contributed by atoms with Crippen LogP contribution >= 0.6 is 0 Å². The molecule has 2 heterocycles. The molecule has 0 aliphatic heterocycles. The number of aromatic nitrogens is 6. The third-order valence-corrected chi connectivity index (χ3v) is 2.55. The molecule has 0 amide bonds. The Kier molecular flexibility index (Phi) is 4.37. The van der Waals surface area contributed by atoms with Gasteiger partial charge in [0, 0.05) is 32.8 Å². The third kappa shape index (κ3) is 3.34. The number of aliphatic hydroxyl groups is 1. The van der Waals surface area contributed by atoms with E-state index in [1.807, 2.05) is 17.8 Å². The van der Waals surface area contributed by atoms with Crippen LogP contribution in [0.4, 0.5) is 0 Å². The Labute approximate surface area is 105 Å². The highest BCUT2D eigenvalue weighted by atomic mass is 16.3. The van der Waals surface area contributed by atoms with Crippen molar-refractivity contribution in [1.29, 1.82) is 0 Å². The average molecular weight is 251 g/mol. The van der Waals surface area contributed by atoms with E-state index in [2.05, 4.69) is 25.8 Å². The highest BCUT2D eigenvalue weighted by molar-refractivity contribution is 4.92. The first-order chi connectivity index (χ1) is 8.79. The van der Waals surface area contributed by atoms with Crippen LogP contribution in [0.2, 0.25) is 0 Å². The predicted molar refractivity (Wildman–Crippen MR) is 63.5 cm³/mol. The van der Waals surface area contributed by atoms with Gasteiger partial charge in [0.15, 0.2) is 0 Å². The standard InChI is InChI=1S/C10H17N7O/c1-16-8-12-14-10(16)2-3-11-6-9-7-17(4-5-18)15-13-9/h7-8,11,18H,2-6H2,1H3. The summed E-state index contributed by atoms with van der Waals surface area (Å²) >= 11 is 0. The lowest BCUT2D eigenvalue weighted by atomic mass is 10.4. The van der Waals surface area contributed by atoms with Gasteiger partial charge in [0.2, 0.25) is 0 Å². The molecule has 8 nitrogen and oxygen atoms in total. The van der Waals surface area contributed by atoms with Gasteiger partial charge in [-0.3, -0.25) is 0 Å². The Morgan fingerprint density at radius 2 is 2.28 bits per heavy atom. The highest BCUT2D eigenvalue weighted by Crippen LogP contribution is 1.94. The molecule has 0 atom stereocenters. The number of nitrogens with zero attached hydrogens (tertiary/aromatic N) is 6. The van der Waals surface area contributed by atoms with Gasteiger partial charge in [0.1, 0.15) is 12.2 Å². The van der Waals surface area contributed by atoms with E-state index in [4.69, 9.17) is 5.11 Å². The Hall–Kier alpha value is -1.80. The molecule has 2 N–H and O–H groups in total. The van der Waals surface area contributed by atoms with Gasteiger partial charge in [-0.25, -0.2) is 4.68 Å². The largest absolute Gasteiger partial charge is 0.394 e. The summed E-state index contributed by atoms with van der Waals surface area (Å²) in [7, 11) is 1.93. The van der Waals surface area contributed by atoms with E-state index in [9.17, 15) is 0 Å². The average Bonchev–Trinajstić information content (AvgIpc) is 2.95. The molecule has 98 valence electrons. The number of aryl methyl sites for hydroxylation is 1. The molecular weight excluding hydrogens is 234 g/mol. The Morgan fingerprint density at radius 1 is 1.39 bits per heavy atom. The first-order valence-corrected chi connectivity index (χ1v) is 5.83. The summed E-state index contributed by atoms with van der Waals surface area (Å²) in [6.07, 6.45) is 4.34. The molecule has 0 radical (unpaired) electrons. The summed E-state index contributed by atoms with van der Waals surface area (Å²) in [6.45, 7) is 2.01. The minimum atomic E-state index is 0.0718.